The van der Waals surface area contributed by atoms with Gasteiger partial charge in [0.05, 0.1) is 18.3 Å². The Labute approximate surface area is 181 Å². The molecule has 1 N–H and O–H groups in total. The van der Waals surface area contributed by atoms with Crippen LogP contribution in [0.4, 0.5) is 13.2 Å². The molecule has 2 aromatic carbocycles. The van der Waals surface area contributed by atoms with Crippen LogP contribution >= 0.6 is 0 Å². The fraction of sp³-hybridized carbons (Fsp3) is 0.520. The van der Waals surface area contributed by atoms with Gasteiger partial charge in [-0.05, 0) is 97.9 Å². The van der Waals surface area contributed by atoms with Gasteiger partial charge in [-0.15, -0.1) is 13.2 Å². The summed E-state index contributed by atoms with van der Waals surface area (Å²) in [6, 6.07) is 8.33. The Morgan fingerprint density at radius 1 is 1.06 bits per heavy atom. The third kappa shape index (κ3) is 5.24. The molecule has 1 fully saturated rings. The molecule has 0 amide bonds. The molecule has 3 nitrogen and oxygen atoms in total. The van der Waals surface area contributed by atoms with Crippen LogP contribution in [0.3, 0.4) is 0 Å². The van der Waals surface area contributed by atoms with E-state index in [1.165, 1.54) is 34.4 Å². The Kier molecular flexibility index (Phi) is 6.31. The minimum absolute atomic E-state index is 0.00816. The molecule has 0 aromatic heterocycles. The molecule has 6 heteroatoms. The lowest BCUT2D eigenvalue weighted by molar-refractivity contribution is -0.274. The molecule has 0 radical (unpaired) electrons. The predicted octanol–water partition coefficient (Wildman–Crippen LogP) is 5.96. The summed E-state index contributed by atoms with van der Waals surface area (Å²) < 4.78 is 47.5. The molecule has 168 valence electrons. The lowest BCUT2D eigenvalue weighted by Gasteiger charge is -2.34. The first-order valence-corrected chi connectivity index (χ1v) is 11.0. The van der Waals surface area contributed by atoms with E-state index in [0.29, 0.717) is 19.3 Å². The number of fused-ring (bicyclic) bond motifs is 1. The lowest BCUT2D eigenvalue weighted by atomic mass is 9.80. The van der Waals surface area contributed by atoms with Gasteiger partial charge in [-0.1, -0.05) is 18.2 Å². The average molecular weight is 434 g/mol. The van der Waals surface area contributed by atoms with Crippen molar-refractivity contribution in [2.45, 2.75) is 83.5 Å². The number of aliphatic hydroxyl groups is 1. The van der Waals surface area contributed by atoms with Crippen LogP contribution in [0.5, 0.6) is 5.75 Å². The number of benzene rings is 2. The van der Waals surface area contributed by atoms with Crippen LogP contribution in [-0.4, -0.2) is 23.7 Å². The maximum absolute atomic E-state index is 12.4. The quantitative estimate of drug-likeness (QED) is 0.645. The molecular weight excluding hydrogens is 405 g/mol. The Bertz CT molecular complexity index is 911. The molecule has 2 aliphatic rings. The number of aliphatic hydroxyl groups excluding tert-OH is 1. The molecular formula is C25H29F3O3. The van der Waals surface area contributed by atoms with Gasteiger partial charge in [-0.2, -0.15) is 0 Å². The van der Waals surface area contributed by atoms with Gasteiger partial charge in [0.2, 0.25) is 0 Å². The van der Waals surface area contributed by atoms with E-state index >= 15 is 0 Å². The molecule has 1 aliphatic carbocycles. The van der Waals surface area contributed by atoms with E-state index < -0.39 is 6.36 Å². The summed E-state index contributed by atoms with van der Waals surface area (Å²) >= 11 is 0. The van der Waals surface area contributed by atoms with Crippen LogP contribution in [0, 0.1) is 6.92 Å². The third-order valence-corrected chi connectivity index (χ3v) is 6.46. The first-order valence-electron chi connectivity index (χ1n) is 11.0. The molecule has 3 unspecified atom stereocenters. The van der Waals surface area contributed by atoms with Gasteiger partial charge in [0.15, 0.2) is 0 Å². The Balaban J connectivity index is 1.65. The fourth-order valence-corrected chi connectivity index (χ4v) is 5.07. The lowest BCUT2D eigenvalue weighted by Crippen LogP contribution is -2.30. The maximum atomic E-state index is 12.4. The van der Waals surface area contributed by atoms with Crippen molar-refractivity contribution < 1.29 is 27.8 Å². The highest BCUT2D eigenvalue weighted by Gasteiger charge is 2.31. The third-order valence-electron chi connectivity index (χ3n) is 6.46. The van der Waals surface area contributed by atoms with Crippen LogP contribution in [0.15, 0.2) is 30.3 Å². The van der Waals surface area contributed by atoms with E-state index in [-0.39, 0.29) is 24.1 Å². The number of halogens is 3. The standard InChI is InChI=1S/C25H29F3O3/c1-15-11-19(29)14-24(30-15)23-13-18(22-6-4-3-5-21(22)16(23)2)12-17-7-9-20(10-8-17)31-25(26,27)28/h7-10,13,15,19,24,29H,3-6,11-12,14H2,1-2H3. The SMILES string of the molecule is Cc1c(C2CC(O)CC(C)O2)cc(Cc2ccc(OC(F)(F)F)cc2)c2c1CCCC2. The second kappa shape index (κ2) is 8.83. The van der Waals surface area contributed by atoms with Gasteiger partial charge in [0, 0.05) is 6.42 Å². The van der Waals surface area contributed by atoms with Crippen LogP contribution in [0.2, 0.25) is 0 Å². The van der Waals surface area contributed by atoms with Crippen molar-refractivity contribution in [1.29, 1.82) is 0 Å². The molecule has 4 rings (SSSR count). The predicted molar refractivity (Wildman–Crippen MR) is 112 cm³/mol. The van der Waals surface area contributed by atoms with Crippen molar-refractivity contribution in [3.05, 3.63) is 63.7 Å². The Morgan fingerprint density at radius 2 is 1.74 bits per heavy atom. The van der Waals surface area contributed by atoms with Crippen LogP contribution < -0.4 is 4.74 Å². The average Bonchev–Trinajstić information content (AvgIpc) is 2.70. The molecule has 0 saturated carbocycles. The number of hydrogen-bond acceptors (Lipinski definition) is 3. The molecule has 0 spiro atoms. The smallest absolute Gasteiger partial charge is 0.406 e. The van der Waals surface area contributed by atoms with Crippen molar-refractivity contribution in [1.82, 2.24) is 0 Å². The minimum Gasteiger partial charge on any atom is -0.406 e. The second-order valence-electron chi connectivity index (χ2n) is 8.84. The van der Waals surface area contributed by atoms with E-state index in [9.17, 15) is 18.3 Å². The van der Waals surface area contributed by atoms with Crippen molar-refractivity contribution in [3.63, 3.8) is 0 Å². The number of rotatable bonds is 4. The molecule has 1 heterocycles. The highest BCUT2D eigenvalue weighted by Crippen LogP contribution is 2.39. The Morgan fingerprint density at radius 3 is 2.39 bits per heavy atom. The number of alkyl halides is 3. The Hall–Kier alpha value is -2.05. The van der Waals surface area contributed by atoms with Crippen LogP contribution in [-0.2, 0) is 24.0 Å². The summed E-state index contributed by atoms with van der Waals surface area (Å²) in [4.78, 5) is 0. The van der Waals surface area contributed by atoms with Gasteiger partial charge in [0.25, 0.3) is 0 Å². The van der Waals surface area contributed by atoms with Crippen molar-refractivity contribution in [2.24, 2.45) is 0 Å². The summed E-state index contributed by atoms with van der Waals surface area (Å²) in [5.41, 5.74) is 7.29. The van der Waals surface area contributed by atoms with Gasteiger partial charge < -0.3 is 14.6 Å². The zero-order valence-electron chi connectivity index (χ0n) is 18.0. The van der Waals surface area contributed by atoms with E-state index in [0.717, 1.165) is 36.8 Å². The summed E-state index contributed by atoms with van der Waals surface area (Å²) in [7, 11) is 0. The summed E-state index contributed by atoms with van der Waals surface area (Å²) in [6.45, 7) is 4.15. The van der Waals surface area contributed by atoms with E-state index in [1.54, 1.807) is 12.1 Å². The molecule has 3 atom stereocenters. The minimum atomic E-state index is -4.69. The first-order chi connectivity index (χ1) is 14.7. The van der Waals surface area contributed by atoms with E-state index in [2.05, 4.69) is 17.7 Å². The second-order valence-corrected chi connectivity index (χ2v) is 8.84. The highest BCUT2D eigenvalue weighted by atomic mass is 19.4. The highest BCUT2D eigenvalue weighted by molar-refractivity contribution is 5.49. The maximum Gasteiger partial charge on any atom is 0.573 e. The topological polar surface area (TPSA) is 38.7 Å². The van der Waals surface area contributed by atoms with E-state index in [1.807, 2.05) is 6.92 Å². The summed E-state index contributed by atoms with van der Waals surface area (Å²) in [5.74, 6) is -0.207. The van der Waals surface area contributed by atoms with E-state index in [4.69, 9.17) is 4.74 Å². The number of hydrogen-bond donors (Lipinski definition) is 1. The molecule has 31 heavy (non-hydrogen) atoms. The zero-order valence-corrected chi connectivity index (χ0v) is 18.0. The van der Waals surface area contributed by atoms with Crippen molar-refractivity contribution >= 4 is 0 Å². The number of ether oxygens (including phenoxy) is 2. The molecule has 2 aromatic rings. The molecule has 1 aliphatic heterocycles. The van der Waals surface area contributed by atoms with Gasteiger partial charge >= 0.3 is 6.36 Å². The van der Waals surface area contributed by atoms with Crippen molar-refractivity contribution in [2.75, 3.05) is 0 Å². The first kappa shape index (κ1) is 22.2. The largest absolute Gasteiger partial charge is 0.573 e. The fourth-order valence-electron chi connectivity index (χ4n) is 5.07. The van der Waals surface area contributed by atoms with Crippen molar-refractivity contribution in [3.8, 4) is 5.75 Å². The van der Waals surface area contributed by atoms with Crippen LogP contribution in [0.1, 0.15) is 72.1 Å². The molecule has 1 saturated heterocycles. The summed E-state index contributed by atoms with van der Waals surface area (Å²) in [6.07, 6.45) is 1.07. The molecule has 0 bridgehead atoms. The van der Waals surface area contributed by atoms with Gasteiger partial charge in [0.1, 0.15) is 5.75 Å². The zero-order chi connectivity index (χ0) is 22.2. The van der Waals surface area contributed by atoms with Crippen LogP contribution in [0.25, 0.3) is 0 Å². The van der Waals surface area contributed by atoms with Gasteiger partial charge in [-0.25, -0.2) is 0 Å². The van der Waals surface area contributed by atoms with Gasteiger partial charge in [-0.3, -0.25) is 0 Å². The normalized spacial score (nSPS) is 24.0. The monoisotopic (exact) mass is 434 g/mol. The summed E-state index contributed by atoms with van der Waals surface area (Å²) in [5, 5.41) is 10.3.